The topological polar surface area (TPSA) is 44.7 Å². The number of ketones is 1. The average molecular weight is 200 g/mol. The third-order valence-corrected chi connectivity index (χ3v) is 2.65. The zero-order valence-corrected chi connectivity index (χ0v) is 9.85. The maximum absolute atomic E-state index is 11.8. The molecule has 0 aliphatic carbocycles. The SMILES string of the molecule is CCCC(CCC)C(=O)CCCC[NH3+]. The molecule has 0 saturated carbocycles. The minimum atomic E-state index is 0.342. The molecule has 0 fully saturated rings. The van der Waals surface area contributed by atoms with Gasteiger partial charge in [-0.15, -0.1) is 0 Å². The predicted octanol–water partition coefficient (Wildman–Crippen LogP) is 2.18. The highest BCUT2D eigenvalue weighted by Gasteiger charge is 2.15. The number of hydrogen-bond donors (Lipinski definition) is 1. The van der Waals surface area contributed by atoms with Crippen molar-refractivity contribution in [1.82, 2.24) is 0 Å². The van der Waals surface area contributed by atoms with Gasteiger partial charge in [0.25, 0.3) is 0 Å². The Hall–Kier alpha value is -0.370. The van der Waals surface area contributed by atoms with Crippen LogP contribution in [0.4, 0.5) is 0 Å². The van der Waals surface area contributed by atoms with Gasteiger partial charge in [0.1, 0.15) is 5.78 Å². The fraction of sp³-hybridized carbons (Fsp3) is 0.917. The first-order valence-corrected chi connectivity index (χ1v) is 6.08. The van der Waals surface area contributed by atoms with Crippen LogP contribution in [0.1, 0.15) is 58.8 Å². The first kappa shape index (κ1) is 13.6. The molecule has 0 rings (SSSR count). The molecule has 0 amide bonds. The highest BCUT2D eigenvalue weighted by molar-refractivity contribution is 5.80. The number of unbranched alkanes of at least 4 members (excludes halogenated alkanes) is 1. The second-order valence-electron chi connectivity index (χ2n) is 4.05. The fourth-order valence-electron chi connectivity index (χ4n) is 1.84. The van der Waals surface area contributed by atoms with E-state index in [0.717, 1.165) is 51.5 Å². The third kappa shape index (κ3) is 6.14. The molecule has 0 aromatic carbocycles. The summed E-state index contributed by atoms with van der Waals surface area (Å²) in [6.45, 7) is 5.28. The number of rotatable bonds is 9. The molecule has 0 bridgehead atoms. The monoisotopic (exact) mass is 200 g/mol. The highest BCUT2D eigenvalue weighted by Crippen LogP contribution is 2.17. The Balaban J connectivity index is 3.76. The van der Waals surface area contributed by atoms with Crippen LogP contribution in [0.5, 0.6) is 0 Å². The van der Waals surface area contributed by atoms with E-state index < -0.39 is 0 Å². The Morgan fingerprint density at radius 1 is 1.14 bits per heavy atom. The number of Topliss-reactive ketones (excluding diaryl/α,β-unsaturated/α-hetero) is 1. The van der Waals surface area contributed by atoms with Gasteiger partial charge in [0.05, 0.1) is 6.54 Å². The van der Waals surface area contributed by atoms with Crippen molar-refractivity contribution in [1.29, 1.82) is 0 Å². The summed E-state index contributed by atoms with van der Waals surface area (Å²) in [5.74, 6) is 0.831. The lowest BCUT2D eigenvalue weighted by Crippen LogP contribution is -2.50. The molecule has 0 aromatic rings. The molecule has 2 heteroatoms. The quantitative estimate of drug-likeness (QED) is 0.570. The van der Waals surface area contributed by atoms with E-state index in [4.69, 9.17) is 0 Å². The highest BCUT2D eigenvalue weighted by atomic mass is 16.1. The van der Waals surface area contributed by atoms with Crippen molar-refractivity contribution in [2.45, 2.75) is 58.8 Å². The molecular formula is C12H26NO+. The lowest BCUT2D eigenvalue weighted by molar-refractivity contribution is -0.368. The summed E-state index contributed by atoms with van der Waals surface area (Å²) >= 11 is 0. The molecule has 3 N–H and O–H groups in total. The molecule has 84 valence electrons. The maximum Gasteiger partial charge on any atom is 0.135 e. The van der Waals surface area contributed by atoms with E-state index in [1.165, 1.54) is 0 Å². The first-order chi connectivity index (χ1) is 6.76. The normalized spacial score (nSPS) is 10.9. The van der Waals surface area contributed by atoms with Crippen LogP contribution in [0.2, 0.25) is 0 Å². The van der Waals surface area contributed by atoms with E-state index in [2.05, 4.69) is 19.6 Å². The number of hydrogen-bond acceptors (Lipinski definition) is 1. The van der Waals surface area contributed by atoms with Crippen LogP contribution in [0.3, 0.4) is 0 Å². The van der Waals surface area contributed by atoms with E-state index in [9.17, 15) is 4.79 Å². The Kier molecular flexibility index (Phi) is 8.95. The first-order valence-electron chi connectivity index (χ1n) is 6.08. The van der Waals surface area contributed by atoms with Crippen molar-refractivity contribution in [3.05, 3.63) is 0 Å². The second kappa shape index (κ2) is 9.20. The van der Waals surface area contributed by atoms with Gasteiger partial charge in [-0.1, -0.05) is 26.7 Å². The van der Waals surface area contributed by atoms with Crippen molar-refractivity contribution in [3.63, 3.8) is 0 Å². The Morgan fingerprint density at radius 2 is 1.71 bits per heavy atom. The molecular weight excluding hydrogens is 174 g/mol. The lowest BCUT2D eigenvalue weighted by atomic mass is 9.91. The molecule has 14 heavy (non-hydrogen) atoms. The minimum Gasteiger partial charge on any atom is -0.358 e. The largest absolute Gasteiger partial charge is 0.358 e. The molecule has 0 aliphatic rings. The van der Waals surface area contributed by atoms with E-state index in [-0.39, 0.29) is 0 Å². The summed E-state index contributed by atoms with van der Waals surface area (Å²) in [7, 11) is 0. The van der Waals surface area contributed by atoms with Crippen molar-refractivity contribution >= 4 is 5.78 Å². The lowest BCUT2D eigenvalue weighted by Gasteiger charge is -2.13. The van der Waals surface area contributed by atoms with Crippen LogP contribution in [0.15, 0.2) is 0 Å². The summed E-state index contributed by atoms with van der Waals surface area (Å²) in [5, 5.41) is 0. The molecule has 0 radical (unpaired) electrons. The van der Waals surface area contributed by atoms with Crippen molar-refractivity contribution in [2.24, 2.45) is 5.92 Å². The average Bonchev–Trinajstić information content (AvgIpc) is 2.18. The zero-order valence-electron chi connectivity index (χ0n) is 9.85. The van der Waals surface area contributed by atoms with Crippen molar-refractivity contribution in [3.8, 4) is 0 Å². The van der Waals surface area contributed by atoms with Crippen molar-refractivity contribution in [2.75, 3.05) is 6.54 Å². The second-order valence-corrected chi connectivity index (χ2v) is 4.05. The molecule has 0 saturated heterocycles. The van der Waals surface area contributed by atoms with Gasteiger partial charge in [-0.3, -0.25) is 4.79 Å². The summed E-state index contributed by atoms with van der Waals surface area (Å²) in [5.41, 5.74) is 3.79. The smallest absolute Gasteiger partial charge is 0.135 e. The van der Waals surface area contributed by atoms with Gasteiger partial charge in [0, 0.05) is 12.3 Å². The minimum absolute atomic E-state index is 0.342. The van der Waals surface area contributed by atoms with E-state index in [1.54, 1.807) is 0 Å². The van der Waals surface area contributed by atoms with Crippen LogP contribution in [-0.2, 0) is 4.79 Å². The van der Waals surface area contributed by atoms with Gasteiger partial charge in [0.2, 0.25) is 0 Å². The van der Waals surface area contributed by atoms with E-state index in [1.807, 2.05) is 0 Å². The van der Waals surface area contributed by atoms with Gasteiger partial charge in [-0.25, -0.2) is 0 Å². The summed E-state index contributed by atoms with van der Waals surface area (Å²) in [6, 6.07) is 0. The van der Waals surface area contributed by atoms with Crippen LogP contribution in [-0.4, -0.2) is 12.3 Å². The predicted molar refractivity (Wildman–Crippen MR) is 59.9 cm³/mol. The third-order valence-electron chi connectivity index (χ3n) is 2.65. The Labute approximate surface area is 88.3 Å². The summed E-state index contributed by atoms with van der Waals surface area (Å²) < 4.78 is 0. The Bertz CT molecular complexity index is 139. The van der Waals surface area contributed by atoms with E-state index >= 15 is 0 Å². The molecule has 2 nitrogen and oxygen atoms in total. The number of quaternary nitrogens is 1. The fourth-order valence-corrected chi connectivity index (χ4v) is 1.84. The van der Waals surface area contributed by atoms with Gasteiger partial charge in [-0.2, -0.15) is 0 Å². The number of carbonyl (C=O) groups excluding carboxylic acids is 1. The molecule has 0 aliphatic heterocycles. The number of carbonyl (C=O) groups is 1. The van der Waals surface area contributed by atoms with Crippen LogP contribution < -0.4 is 5.73 Å². The van der Waals surface area contributed by atoms with Crippen LogP contribution >= 0.6 is 0 Å². The van der Waals surface area contributed by atoms with Gasteiger partial charge in [-0.05, 0) is 25.7 Å². The molecule has 0 aromatic heterocycles. The summed E-state index contributed by atoms with van der Waals surface area (Å²) in [6.07, 6.45) is 7.33. The van der Waals surface area contributed by atoms with Gasteiger partial charge >= 0.3 is 0 Å². The molecule has 0 atom stereocenters. The van der Waals surface area contributed by atoms with Gasteiger partial charge in [0.15, 0.2) is 0 Å². The summed E-state index contributed by atoms with van der Waals surface area (Å²) in [4.78, 5) is 11.8. The van der Waals surface area contributed by atoms with Crippen LogP contribution in [0, 0.1) is 5.92 Å². The molecule has 0 heterocycles. The molecule has 0 spiro atoms. The van der Waals surface area contributed by atoms with Crippen LogP contribution in [0.25, 0.3) is 0 Å². The Morgan fingerprint density at radius 3 is 2.14 bits per heavy atom. The van der Waals surface area contributed by atoms with E-state index in [0.29, 0.717) is 11.7 Å². The molecule has 0 unspecified atom stereocenters. The maximum atomic E-state index is 11.8. The van der Waals surface area contributed by atoms with Gasteiger partial charge < -0.3 is 5.73 Å². The van der Waals surface area contributed by atoms with Crippen molar-refractivity contribution < 1.29 is 10.5 Å². The standard InChI is InChI=1S/C12H25NO/c1-3-7-11(8-4-2)12(14)9-5-6-10-13/h11H,3-10,13H2,1-2H3/p+1. The zero-order chi connectivity index (χ0) is 10.8.